The Kier molecular flexibility index (Phi) is 6.03. The second kappa shape index (κ2) is 8.88. The van der Waals surface area contributed by atoms with Crippen LogP contribution in [0.25, 0.3) is 21.5 Å². The normalized spacial score (nSPS) is 18.3. The van der Waals surface area contributed by atoms with Crippen molar-refractivity contribution in [2.24, 2.45) is 5.73 Å². The summed E-state index contributed by atoms with van der Waals surface area (Å²) in [6, 6.07) is 26.5. The molecular weight excluding hydrogens is 386 g/mol. The summed E-state index contributed by atoms with van der Waals surface area (Å²) in [5.41, 5.74) is 9.30. The third-order valence-electron chi connectivity index (χ3n) is 6.03. The average Bonchev–Trinajstić information content (AvgIpc) is 3.04. The van der Waals surface area contributed by atoms with E-state index in [1.807, 2.05) is 49.4 Å². The standard InChI is InChI=1S/C14H14O2.C13H13NO/c1-10(8-14(15)16)12-7-6-11-4-2-3-5-13(11)9-12;14-13-11-6-9-4-2-1-3-8(9)5-10(11)7-12(13)15/h2-7,9-10H,8H2,1H3,(H,15,16);1-6,12-13,15H,7,14H2/t10-;12-,13+/m00/s1. The first-order chi connectivity index (χ1) is 14.9. The van der Waals surface area contributed by atoms with Crippen LogP contribution in [0.3, 0.4) is 0 Å². The molecule has 0 fully saturated rings. The van der Waals surface area contributed by atoms with E-state index in [-0.39, 0.29) is 18.4 Å². The summed E-state index contributed by atoms with van der Waals surface area (Å²) in [4.78, 5) is 10.6. The van der Waals surface area contributed by atoms with Gasteiger partial charge in [-0.3, -0.25) is 4.79 Å². The Hall–Kier alpha value is -3.21. The fourth-order valence-corrected chi connectivity index (χ4v) is 4.25. The van der Waals surface area contributed by atoms with Crippen molar-refractivity contribution in [3.63, 3.8) is 0 Å². The molecule has 0 aromatic heterocycles. The van der Waals surface area contributed by atoms with E-state index in [9.17, 15) is 9.90 Å². The molecule has 4 nitrogen and oxygen atoms in total. The zero-order chi connectivity index (χ0) is 22.0. The quantitative estimate of drug-likeness (QED) is 0.432. The number of nitrogens with two attached hydrogens (primary N) is 1. The molecule has 5 rings (SSSR count). The van der Waals surface area contributed by atoms with Gasteiger partial charge >= 0.3 is 5.97 Å². The largest absolute Gasteiger partial charge is 0.481 e. The monoisotopic (exact) mass is 413 g/mol. The number of benzene rings is 4. The van der Waals surface area contributed by atoms with Crippen molar-refractivity contribution in [2.45, 2.75) is 37.8 Å². The molecule has 1 aliphatic rings. The molecular formula is C27H27NO3. The molecule has 1 aliphatic carbocycles. The van der Waals surface area contributed by atoms with Gasteiger partial charge in [0.25, 0.3) is 0 Å². The van der Waals surface area contributed by atoms with E-state index < -0.39 is 12.1 Å². The van der Waals surface area contributed by atoms with Crippen LogP contribution in [-0.4, -0.2) is 22.3 Å². The number of aliphatic carboxylic acids is 1. The summed E-state index contributed by atoms with van der Waals surface area (Å²) in [6.07, 6.45) is 0.441. The lowest BCUT2D eigenvalue weighted by molar-refractivity contribution is -0.137. The lowest BCUT2D eigenvalue weighted by atomic mass is 9.95. The first-order valence-corrected chi connectivity index (χ1v) is 10.6. The van der Waals surface area contributed by atoms with Crippen LogP contribution in [0.15, 0.2) is 78.9 Å². The van der Waals surface area contributed by atoms with Crippen LogP contribution in [0.4, 0.5) is 0 Å². The van der Waals surface area contributed by atoms with Gasteiger partial charge in [0, 0.05) is 6.42 Å². The Labute approximate surface area is 181 Å². The number of hydrogen-bond acceptors (Lipinski definition) is 3. The molecule has 4 aromatic rings. The molecule has 0 bridgehead atoms. The first kappa shape index (κ1) is 21.0. The number of aliphatic hydroxyl groups is 1. The van der Waals surface area contributed by atoms with Crippen molar-refractivity contribution < 1.29 is 15.0 Å². The molecule has 4 N–H and O–H groups in total. The van der Waals surface area contributed by atoms with E-state index in [0.717, 1.165) is 16.5 Å². The smallest absolute Gasteiger partial charge is 0.303 e. The number of fused-ring (bicyclic) bond motifs is 3. The van der Waals surface area contributed by atoms with Crippen molar-refractivity contribution >= 4 is 27.5 Å². The maximum atomic E-state index is 10.6. The third-order valence-corrected chi connectivity index (χ3v) is 6.03. The van der Waals surface area contributed by atoms with Crippen LogP contribution in [0.5, 0.6) is 0 Å². The highest BCUT2D eigenvalue weighted by Gasteiger charge is 2.27. The van der Waals surface area contributed by atoms with Gasteiger partial charge < -0.3 is 15.9 Å². The van der Waals surface area contributed by atoms with E-state index in [1.54, 1.807) is 0 Å². The molecule has 31 heavy (non-hydrogen) atoms. The lowest BCUT2D eigenvalue weighted by Gasteiger charge is -2.10. The maximum absolute atomic E-state index is 10.6. The Bertz CT molecular complexity index is 1230. The lowest BCUT2D eigenvalue weighted by Crippen LogP contribution is -2.21. The fraction of sp³-hybridized carbons (Fsp3) is 0.222. The van der Waals surface area contributed by atoms with Crippen LogP contribution < -0.4 is 5.73 Å². The molecule has 0 amide bonds. The van der Waals surface area contributed by atoms with Gasteiger partial charge in [-0.05, 0) is 50.2 Å². The van der Waals surface area contributed by atoms with Gasteiger partial charge in [-0.15, -0.1) is 0 Å². The van der Waals surface area contributed by atoms with Crippen LogP contribution in [0, 0.1) is 0 Å². The van der Waals surface area contributed by atoms with Crippen molar-refractivity contribution in [2.75, 3.05) is 0 Å². The molecule has 0 spiro atoms. The van der Waals surface area contributed by atoms with Crippen molar-refractivity contribution in [3.05, 3.63) is 95.6 Å². The van der Waals surface area contributed by atoms with Gasteiger partial charge in [0.1, 0.15) is 0 Å². The van der Waals surface area contributed by atoms with E-state index in [2.05, 4.69) is 36.4 Å². The minimum absolute atomic E-state index is 0.0575. The number of carbonyl (C=O) groups is 1. The van der Waals surface area contributed by atoms with Gasteiger partial charge in [-0.1, -0.05) is 79.7 Å². The Morgan fingerprint density at radius 1 is 0.935 bits per heavy atom. The number of carboxylic acid groups (broad SMARTS) is 1. The van der Waals surface area contributed by atoms with Crippen LogP contribution >= 0.6 is 0 Å². The molecule has 0 heterocycles. The second-order valence-electron chi connectivity index (χ2n) is 8.30. The molecule has 0 saturated heterocycles. The van der Waals surface area contributed by atoms with Gasteiger partial charge in [0.05, 0.1) is 18.6 Å². The van der Waals surface area contributed by atoms with E-state index in [1.165, 1.54) is 21.7 Å². The minimum Gasteiger partial charge on any atom is -0.481 e. The third kappa shape index (κ3) is 4.61. The minimum atomic E-state index is -0.749. The highest BCUT2D eigenvalue weighted by atomic mass is 16.4. The van der Waals surface area contributed by atoms with Crippen LogP contribution in [0.1, 0.15) is 42.0 Å². The number of carboxylic acids is 1. The molecule has 0 radical (unpaired) electrons. The number of rotatable bonds is 3. The molecule has 3 atom stereocenters. The maximum Gasteiger partial charge on any atom is 0.303 e. The Morgan fingerprint density at radius 3 is 2.16 bits per heavy atom. The highest BCUT2D eigenvalue weighted by Crippen LogP contribution is 2.33. The molecule has 0 aliphatic heterocycles. The summed E-state index contributed by atoms with van der Waals surface area (Å²) in [6.45, 7) is 1.94. The van der Waals surface area contributed by atoms with Gasteiger partial charge in [0.2, 0.25) is 0 Å². The summed E-state index contributed by atoms with van der Waals surface area (Å²) in [5.74, 6) is -0.692. The van der Waals surface area contributed by atoms with E-state index in [0.29, 0.717) is 6.42 Å². The predicted molar refractivity (Wildman–Crippen MR) is 125 cm³/mol. The van der Waals surface area contributed by atoms with Crippen LogP contribution in [0.2, 0.25) is 0 Å². The van der Waals surface area contributed by atoms with Crippen molar-refractivity contribution in [1.82, 2.24) is 0 Å². The topological polar surface area (TPSA) is 83.5 Å². The van der Waals surface area contributed by atoms with Gasteiger partial charge in [-0.25, -0.2) is 0 Å². The zero-order valence-corrected chi connectivity index (χ0v) is 17.5. The molecule has 158 valence electrons. The second-order valence-corrected chi connectivity index (χ2v) is 8.30. The summed E-state index contributed by atoms with van der Waals surface area (Å²) < 4.78 is 0. The predicted octanol–water partition coefficient (Wildman–Crippen LogP) is 5.17. The average molecular weight is 414 g/mol. The van der Waals surface area contributed by atoms with Gasteiger partial charge in [-0.2, -0.15) is 0 Å². The zero-order valence-electron chi connectivity index (χ0n) is 17.5. The molecule has 4 aromatic carbocycles. The Morgan fingerprint density at radius 2 is 1.52 bits per heavy atom. The van der Waals surface area contributed by atoms with Crippen molar-refractivity contribution in [3.8, 4) is 0 Å². The SMILES string of the molecule is C[C@@H](CC(=O)O)c1ccc2ccccc2c1.N[C@@H]1c2cc3ccccc3cc2C[C@@H]1O. The molecule has 4 heteroatoms. The molecule has 0 saturated carbocycles. The molecule has 0 unspecified atom stereocenters. The van der Waals surface area contributed by atoms with E-state index in [4.69, 9.17) is 10.8 Å². The highest BCUT2D eigenvalue weighted by molar-refractivity contribution is 5.85. The Balaban J connectivity index is 0.000000149. The summed E-state index contributed by atoms with van der Waals surface area (Å²) >= 11 is 0. The fourth-order valence-electron chi connectivity index (χ4n) is 4.25. The van der Waals surface area contributed by atoms with E-state index >= 15 is 0 Å². The van der Waals surface area contributed by atoms with Crippen LogP contribution in [-0.2, 0) is 11.2 Å². The van der Waals surface area contributed by atoms with Gasteiger partial charge in [0.15, 0.2) is 0 Å². The number of aliphatic hydroxyl groups excluding tert-OH is 1. The number of hydrogen-bond donors (Lipinski definition) is 3. The van der Waals surface area contributed by atoms with Crippen molar-refractivity contribution in [1.29, 1.82) is 0 Å². The summed E-state index contributed by atoms with van der Waals surface area (Å²) in [7, 11) is 0. The first-order valence-electron chi connectivity index (χ1n) is 10.6. The summed E-state index contributed by atoms with van der Waals surface area (Å²) in [5, 5.41) is 23.2.